The molecule has 1 heterocycles. The minimum Gasteiger partial charge on any atom is -0.404 e. The molecule has 2 amide bonds. The molecule has 1 fully saturated rings. The summed E-state index contributed by atoms with van der Waals surface area (Å²) in [6, 6.07) is 13.7. The molecule has 0 saturated heterocycles. The van der Waals surface area contributed by atoms with Crippen molar-refractivity contribution in [3.8, 4) is 11.1 Å². The van der Waals surface area contributed by atoms with Gasteiger partial charge in [-0.25, -0.2) is 4.98 Å². The fourth-order valence-corrected chi connectivity index (χ4v) is 3.48. The molecule has 0 radical (unpaired) electrons. The summed E-state index contributed by atoms with van der Waals surface area (Å²) in [5.74, 6) is 0.427. The first-order valence-electron chi connectivity index (χ1n) is 10.5. The molecule has 2 aromatic carbocycles. The molecule has 1 aliphatic carbocycles. The number of benzene rings is 2. The Labute approximate surface area is 186 Å². The SMILES string of the molecule is CN=CC(=CN)C(=O)Nc1ccc(C)c(-c2ccc3cc(NC(=O)C4CC4)ncc3c2)c1. The summed E-state index contributed by atoms with van der Waals surface area (Å²) in [7, 11) is 1.58. The number of pyridine rings is 1. The second kappa shape index (κ2) is 9.01. The lowest BCUT2D eigenvalue weighted by Crippen LogP contribution is -2.16. The van der Waals surface area contributed by atoms with Crippen LogP contribution < -0.4 is 16.4 Å². The van der Waals surface area contributed by atoms with Gasteiger partial charge in [0.25, 0.3) is 5.91 Å². The van der Waals surface area contributed by atoms with Crippen molar-refractivity contribution in [2.24, 2.45) is 16.6 Å². The predicted octanol–water partition coefficient (Wildman–Crippen LogP) is 4.04. The number of aliphatic imine (C=N–C) groups is 1. The Kier molecular flexibility index (Phi) is 5.98. The number of carbonyl (C=O) groups is 2. The lowest BCUT2D eigenvalue weighted by molar-refractivity contribution is -0.117. The molecule has 32 heavy (non-hydrogen) atoms. The van der Waals surface area contributed by atoms with Gasteiger partial charge >= 0.3 is 0 Å². The van der Waals surface area contributed by atoms with Crippen LogP contribution in [0.1, 0.15) is 18.4 Å². The molecule has 0 aliphatic heterocycles. The third kappa shape index (κ3) is 4.67. The van der Waals surface area contributed by atoms with Crippen molar-refractivity contribution in [1.29, 1.82) is 0 Å². The van der Waals surface area contributed by atoms with E-state index < -0.39 is 0 Å². The standard InChI is InChI=1S/C25H25N5O2/c1-15-3-8-21(29-25(32)20(12-26)13-27-2)11-22(15)18-7-6-17-10-23(28-14-19(17)9-18)30-24(31)16-4-5-16/h3,6-14,16H,4-5,26H2,1-2H3,(H,29,32)(H,28,30,31). The van der Waals surface area contributed by atoms with E-state index in [-0.39, 0.29) is 23.3 Å². The van der Waals surface area contributed by atoms with Gasteiger partial charge in [0.2, 0.25) is 5.91 Å². The number of nitrogens with zero attached hydrogens (tertiary/aromatic N) is 2. The van der Waals surface area contributed by atoms with E-state index in [0.717, 1.165) is 40.3 Å². The van der Waals surface area contributed by atoms with Crippen LogP contribution in [0, 0.1) is 12.8 Å². The van der Waals surface area contributed by atoms with Crippen molar-refractivity contribution in [3.05, 3.63) is 66.0 Å². The Balaban J connectivity index is 1.59. The van der Waals surface area contributed by atoms with Gasteiger partial charge in [-0.2, -0.15) is 0 Å². The normalized spacial score (nSPS) is 14.0. The molecule has 4 rings (SSSR count). The number of aromatic nitrogens is 1. The summed E-state index contributed by atoms with van der Waals surface area (Å²) in [5, 5.41) is 7.71. The average molecular weight is 428 g/mol. The number of amides is 2. The largest absolute Gasteiger partial charge is 0.404 e. The second-order valence-corrected chi connectivity index (χ2v) is 7.89. The van der Waals surface area contributed by atoms with E-state index >= 15 is 0 Å². The highest BCUT2D eigenvalue weighted by Gasteiger charge is 2.29. The molecule has 0 bridgehead atoms. The summed E-state index contributed by atoms with van der Waals surface area (Å²) in [5.41, 5.74) is 9.56. The Morgan fingerprint density at radius 2 is 1.91 bits per heavy atom. The topological polar surface area (TPSA) is 109 Å². The highest BCUT2D eigenvalue weighted by atomic mass is 16.2. The van der Waals surface area contributed by atoms with Crippen molar-refractivity contribution in [3.63, 3.8) is 0 Å². The molecule has 0 atom stereocenters. The van der Waals surface area contributed by atoms with Gasteiger partial charge in [0.1, 0.15) is 5.82 Å². The van der Waals surface area contributed by atoms with E-state index in [1.54, 1.807) is 13.2 Å². The number of hydrogen-bond acceptors (Lipinski definition) is 5. The summed E-state index contributed by atoms with van der Waals surface area (Å²) >= 11 is 0. The number of anilines is 2. The highest BCUT2D eigenvalue weighted by molar-refractivity contribution is 6.17. The predicted molar refractivity (Wildman–Crippen MR) is 129 cm³/mol. The summed E-state index contributed by atoms with van der Waals surface area (Å²) in [4.78, 5) is 32.6. The van der Waals surface area contributed by atoms with Crippen molar-refractivity contribution < 1.29 is 9.59 Å². The van der Waals surface area contributed by atoms with Gasteiger partial charge in [-0.15, -0.1) is 0 Å². The Bertz CT molecular complexity index is 1260. The first kappa shape index (κ1) is 21.2. The van der Waals surface area contributed by atoms with Crippen LogP contribution in [-0.4, -0.2) is 30.1 Å². The lowest BCUT2D eigenvalue weighted by atomic mass is 9.97. The van der Waals surface area contributed by atoms with Crippen LogP contribution in [0.4, 0.5) is 11.5 Å². The lowest BCUT2D eigenvalue weighted by Gasteiger charge is -2.12. The molecule has 0 spiro atoms. The quantitative estimate of drug-likeness (QED) is 0.407. The van der Waals surface area contributed by atoms with E-state index in [0.29, 0.717) is 11.5 Å². The number of nitrogens with one attached hydrogen (secondary N) is 2. The minimum atomic E-state index is -0.323. The van der Waals surface area contributed by atoms with Gasteiger partial charge in [0.05, 0.1) is 5.57 Å². The number of carbonyl (C=O) groups excluding carboxylic acids is 2. The first-order valence-corrected chi connectivity index (χ1v) is 10.5. The third-order valence-electron chi connectivity index (χ3n) is 5.44. The van der Waals surface area contributed by atoms with Crippen LogP contribution >= 0.6 is 0 Å². The number of hydrogen-bond donors (Lipinski definition) is 3. The Hall–Kier alpha value is -4.00. The summed E-state index contributed by atoms with van der Waals surface area (Å²) in [6.45, 7) is 2.02. The van der Waals surface area contributed by atoms with Gasteiger partial charge in [0.15, 0.2) is 0 Å². The average Bonchev–Trinajstić information content (AvgIpc) is 3.64. The molecule has 0 unspecified atom stereocenters. The molecule has 7 nitrogen and oxygen atoms in total. The minimum absolute atomic E-state index is 0.0424. The van der Waals surface area contributed by atoms with Crippen LogP contribution in [0.5, 0.6) is 0 Å². The first-order chi connectivity index (χ1) is 15.5. The molecule has 1 saturated carbocycles. The van der Waals surface area contributed by atoms with E-state index in [1.807, 2.05) is 43.3 Å². The van der Waals surface area contributed by atoms with Gasteiger partial charge in [-0.3, -0.25) is 14.6 Å². The molecule has 4 N–H and O–H groups in total. The van der Waals surface area contributed by atoms with Crippen molar-refractivity contribution in [2.45, 2.75) is 19.8 Å². The van der Waals surface area contributed by atoms with Crippen LogP contribution in [-0.2, 0) is 9.59 Å². The van der Waals surface area contributed by atoms with Gasteiger partial charge in [-0.1, -0.05) is 18.2 Å². The summed E-state index contributed by atoms with van der Waals surface area (Å²) in [6.07, 6.45) is 6.33. The zero-order valence-electron chi connectivity index (χ0n) is 18.1. The maximum absolute atomic E-state index is 12.4. The molecular formula is C25H25N5O2. The van der Waals surface area contributed by atoms with Crippen molar-refractivity contribution in [2.75, 3.05) is 17.7 Å². The van der Waals surface area contributed by atoms with Crippen LogP contribution in [0.2, 0.25) is 0 Å². The number of nitrogens with two attached hydrogens (primary N) is 1. The monoisotopic (exact) mass is 427 g/mol. The molecule has 3 aromatic rings. The molecule has 1 aliphatic rings. The van der Waals surface area contributed by atoms with Crippen LogP contribution in [0.15, 0.2) is 65.4 Å². The fraction of sp³-hybridized carbons (Fsp3) is 0.200. The van der Waals surface area contributed by atoms with Crippen LogP contribution in [0.25, 0.3) is 21.9 Å². The van der Waals surface area contributed by atoms with Gasteiger partial charge in [0, 0.05) is 42.7 Å². The Morgan fingerprint density at radius 3 is 2.62 bits per heavy atom. The highest BCUT2D eigenvalue weighted by Crippen LogP contribution is 2.32. The van der Waals surface area contributed by atoms with E-state index in [9.17, 15) is 9.59 Å². The zero-order valence-corrected chi connectivity index (χ0v) is 18.1. The number of aryl methyl sites for hydroxylation is 1. The van der Waals surface area contributed by atoms with Gasteiger partial charge in [-0.05, 0) is 66.1 Å². The Morgan fingerprint density at radius 1 is 1.09 bits per heavy atom. The molecule has 162 valence electrons. The third-order valence-corrected chi connectivity index (χ3v) is 5.44. The van der Waals surface area contributed by atoms with Gasteiger partial charge < -0.3 is 16.4 Å². The second-order valence-electron chi connectivity index (χ2n) is 7.89. The van der Waals surface area contributed by atoms with Crippen molar-refractivity contribution in [1.82, 2.24) is 4.98 Å². The number of rotatable bonds is 6. The van der Waals surface area contributed by atoms with E-state index in [4.69, 9.17) is 5.73 Å². The zero-order chi connectivity index (χ0) is 22.7. The maximum atomic E-state index is 12.4. The molecular weight excluding hydrogens is 402 g/mol. The van der Waals surface area contributed by atoms with Crippen molar-refractivity contribution >= 4 is 40.3 Å². The molecule has 1 aromatic heterocycles. The van der Waals surface area contributed by atoms with E-state index in [2.05, 4.69) is 26.7 Å². The fourth-order valence-electron chi connectivity index (χ4n) is 3.48. The van der Waals surface area contributed by atoms with Crippen LogP contribution in [0.3, 0.4) is 0 Å². The molecule has 7 heteroatoms. The smallest absolute Gasteiger partial charge is 0.258 e. The van der Waals surface area contributed by atoms with E-state index in [1.165, 1.54) is 12.4 Å². The number of fused-ring (bicyclic) bond motifs is 1. The summed E-state index contributed by atoms with van der Waals surface area (Å²) < 4.78 is 0. The maximum Gasteiger partial charge on any atom is 0.258 e.